The van der Waals surface area contributed by atoms with Crippen molar-refractivity contribution in [2.24, 2.45) is 7.05 Å². The Bertz CT molecular complexity index is 682. The number of aromatic nitrogens is 2. The lowest BCUT2D eigenvalue weighted by Gasteiger charge is -2.09. The molecule has 2 aromatic heterocycles. The molecule has 0 amide bonds. The van der Waals surface area contributed by atoms with Crippen LogP contribution >= 0.6 is 0 Å². The summed E-state index contributed by atoms with van der Waals surface area (Å²) in [5, 5.41) is 0. The second-order valence-electron chi connectivity index (χ2n) is 4.35. The summed E-state index contributed by atoms with van der Waals surface area (Å²) in [4.78, 5) is 16.4. The van der Waals surface area contributed by atoms with Crippen molar-refractivity contribution in [2.45, 2.75) is 13.2 Å². The molecule has 0 aliphatic carbocycles. The first-order valence-corrected chi connectivity index (χ1v) is 6.29. The Balaban J connectivity index is 2.06. The Labute approximate surface area is 115 Å². The van der Waals surface area contributed by atoms with Crippen LogP contribution in [0.4, 0.5) is 0 Å². The molecule has 0 saturated heterocycles. The average molecular weight is 274 g/mol. The predicted octanol–water partition coefficient (Wildman–Crippen LogP) is 2.27. The van der Waals surface area contributed by atoms with Gasteiger partial charge in [0.15, 0.2) is 0 Å². The van der Waals surface area contributed by atoms with Crippen molar-refractivity contribution in [3.05, 3.63) is 42.1 Å². The summed E-state index contributed by atoms with van der Waals surface area (Å²) in [6.07, 6.45) is 4.09. The van der Waals surface area contributed by atoms with Gasteiger partial charge in [-0.25, -0.2) is 9.78 Å². The molecular weight excluding hydrogens is 260 g/mol. The molecule has 2 aromatic rings. The third-order valence-corrected chi connectivity index (χ3v) is 3.05. The molecule has 6 nitrogen and oxygen atoms in total. The highest BCUT2D eigenvalue weighted by Crippen LogP contribution is 2.26. The van der Waals surface area contributed by atoms with Gasteiger partial charge < -0.3 is 18.8 Å². The highest BCUT2D eigenvalue weighted by atomic mass is 16.7. The first-order valence-electron chi connectivity index (χ1n) is 6.29. The maximum atomic E-state index is 12.0. The van der Waals surface area contributed by atoms with Crippen LogP contribution in [-0.4, -0.2) is 22.1 Å². The minimum absolute atomic E-state index is 0.327. The Morgan fingerprint density at radius 1 is 1.40 bits per heavy atom. The molecule has 0 fully saturated rings. The fourth-order valence-corrected chi connectivity index (χ4v) is 2.14. The van der Waals surface area contributed by atoms with Gasteiger partial charge in [0.2, 0.25) is 0 Å². The van der Waals surface area contributed by atoms with E-state index in [4.69, 9.17) is 14.2 Å². The van der Waals surface area contributed by atoms with Crippen molar-refractivity contribution in [2.75, 3.05) is 6.61 Å². The summed E-state index contributed by atoms with van der Waals surface area (Å²) in [7, 11) is 1.86. The number of aryl methyl sites for hydroxylation is 1. The number of rotatable bonds is 3. The molecule has 0 atom stereocenters. The van der Waals surface area contributed by atoms with Crippen molar-refractivity contribution >= 4 is 17.0 Å². The molecule has 3 rings (SSSR count). The van der Waals surface area contributed by atoms with Crippen LogP contribution in [0.1, 0.15) is 29.3 Å². The van der Waals surface area contributed by atoms with Gasteiger partial charge in [-0.3, -0.25) is 0 Å². The van der Waals surface area contributed by atoms with Gasteiger partial charge in [0, 0.05) is 13.2 Å². The van der Waals surface area contributed by atoms with Gasteiger partial charge in [-0.05, 0) is 19.1 Å². The van der Waals surface area contributed by atoms with E-state index >= 15 is 0 Å². The number of carbonyl (C=O) groups excluding carboxylic acids is 1. The molecule has 0 radical (unpaired) electrons. The van der Waals surface area contributed by atoms with E-state index < -0.39 is 6.29 Å². The predicted molar refractivity (Wildman–Crippen MR) is 70.7 cm³/mol. The Morgan fingerprint density at radius 3 is 2.85 bits per heavy atom. The molecule has 0 N–H and O–H groups in total. The first kappa shape index (κ1) is 12.5. The molecule has 6 heteroatoms. The smallest absolute Gasteiger partial charge is 0.341 e. The fourth-order valence-electron chi connectivity index (χ4n) is 2.14. The first-order chi connectivity index (χ1) is 9.70. The molecule has 104 valence electrons. The van der Waals surface area contributed by atoms with E-state index in [1.165, 1.54) is 12.5 Å². The number of pyridine rings is 1. The number of hydrogen-bond donors (Lipinski definition) is 0. The van der Waals surface area contributed by atoms with Gasteiger partial charge in [0.05, 0.1) is 12.1 Å². The molecule has 0 bridgehead atoms. The van der Waals surface area contributed by atoms with E-state index in [-0.39, 0.29) is 5.97 Å². The quantitative estimate of drug-likeness (QED) is 0.803. The Hall–Kier alpha value is -2.50. The minimum atomic E-state index is -0.561. The van der Waals surface area contributed by atoms with Gasteiger partial charge in [-0.1, -0.05) is 0 Å². The molecule has 0 aromatic carbocycles. The second-order valence-corrected chi connectivity index (χ2v) is 4.35. The van der Waals surface area contributed by atoms with Crippen LogP contribution in [0.25, 0.3) is 11.0 Å². The van der Waals surface area contributed by atoms with Crippen LogP contribution in [0.3, 0.4) is 0 Å². The van der Waals surface area contributed by atoms with E-state index in [0.717, 1.165) is 5.52 Å². The summed E-state index contributed by atoms with van der Waals surface area (Å²) in [6.45, 7) is 2.10. The maximum Gasteiger partial charge on any atom is 0.341 e. The standard InChI is InChI=1S/C14H14N2O4/c1-3-18-13(17)9-8-16(2)11-5-4-10(15-12(9)11)14-19-6-7-20-14/h4-8,14H,3H2,1-2H3. The second kappa shape index (κ2) is 4.88. The van der Waals surface area contributed by atoms with E-state index in [0.29, 0.717) is 23.4 Å². The number of esters is 1. The lowest BCUT2D eigenvalue weighted by atomic mass is 10.2. The number of nitrogens with zero attached hydrogens (tertiary/aromatic N) is 2. The third kappa shape index (κ3) is 1.99. The monoisotopic (exact) mass is 274 g/mol. The summed E-state index contributed by atoms with van der Waals surface area (Å²) in [5.74, 6) is -0.380. The van der Waals surface area contributed by atoms with Gasteiger partial charge >= 0.3 is 5.97 Å². The summed E-state index contributed by atoms with van der Waals surface area (Å²) < 4.78 is 17.4. The molecule has 1 aliphatic rings. The summed E-state index contributed by atoms with van der Waals surface area (Å²) in [6, 6.07) is 3.69. The van der Waals surface area contributed by atoms with Crippen LogP contribution in [0.15, 0.2) is 30.9 Å². The van der Waals surface area contributed by atoms with Crippen molar-refractivity contribution in [3.63, 3.8) is 0 Å². The lowest BCUT2D eigenvalue weighted by Crippen LogP contribution is -2.05. The third-order valence-electron chi connectivity index (χ3n) is 3.05. The molecule has 1 aliphatic heterocycles. The van der Waals surface area contributed by atoms with Crippen molar-refractivity contribution in [1.82, 2.24) is 9.55 Å². The Kier molecular flexibility index (Phi) is 3.06. The topological polar surface area (TPSA) is 62.6 Å². The zero-order valence-corrected chi connectivity index (χ0v) is 11.2. The van der Waals surface area contributed by atoms with Gasteiger partial charge in [0.1, 0.15) is 29.3 Å². The number of carbonyl (C=O) groups is 1. The average Bonchev–Trinajstić information content (AvgIpc) is 3.07. The van der Waals surface area contributed by atoms with Crippen molar-refractivity contribution in [3.8, 4) is 0 Å². The van der Waals surface area contributed by atoms with E-state index in [9.17, 15) is 4.79 Å². The van der Waals surface area contributed by atoms with Crippen LogP contribution < -0.4 is 0 Å². The van der Waals surface area contributed by atoms with E-state index in [1.54, 1.807) is 13.1 Å². The van der Waals surface area contributed by atoms with Crippen molar-refractivity contribution < 1.29 is 19.0 Å². The highest BCUT2D eigenvalue weighted by molar-refractivity contribution is 6.02. The highest BCUT2D eigenvalue weighted by Gasteiger charge is 2.21. The van der Waals surface area contributed by atoms with E-state index in [2.05, 4.69) is 4.98 Å². The molecule has 3 heterocycles. The molecule has 0 spiro atoms. The van der Waals surface area contributed by atoms with Crippen LogP contribution in [0.5, 0.6) is 0 Å². The largest absolute Gasteiger partial charge is 0.462 e. The minimum Gasteiger partial charge on any atom is -0.462 e. The maximum absolute atomic E-state index is 12.0. The van der Waals surface area contributed by atoms with Crippen molar-refractivity contribution in [1.29, 1.82) is 0 Å². The Morgan fingerprint density at radius 2 is 2.15 bits per heavy atom. The number of hydrogen-bond acceptors (Lipinski definition) is 5. The molecule has 20 heavy (non-hydrogen) atoms. The number of fused-ring (bicyclic) bond motifs is 1. The zero-order valence-electron chi connectivity index (χ0n) is 11.2. The fraction of sp³-hybridized carbons (Fsp3) is 0.286. The normalized spacial score (nSPS) is 14.3. The van der Waals surface area contributed by atoms with Crippen LogP contribution in [0, 0.1) is 0 Å². The summed E-state index contributed by atoms with van der Waals surface area (Å²) in [5.41, 5.74) is 2.49. The SMILES string of the molecule is CCOC(=O)c1cn(C)c2ccc(C3OC=CO3)nc12. The number of ether oxygens (including phenoxy) is 3. The molecular formula is C14H14N2O4. The van der Waals surface area contributed by atoms with Crippen LogP contribution in [-0.2, 0) is 21.3 Å². The van der Waals surface area contributed by atoms with Gasteiger partial charge in [-0.2, -0.15) is 0 Å². The van der Waals surface area contributed by atoms with Gasteiger partial charge in [0.25, 0.3) is 6.29 Å². The van der Waals surface area contributed by atoms with Crippen LogP contribution in [0.2, 0.25) is 0 Å². The van der Waals surface area contributed by atoms with Gasteiger partial charge in [-0.15, -0.1) is 0 Å². The lowest BCUT2D eigenvalue weighted by molar-refractivity contribution is -0.0277. The molecule has 0 unspecified atom stereocenters. The molecule has 0 saturated carbocycles. The zero-order chi connectivity index (χ0) is 14.1. The summed E-state index contributed by atoms with van der Waals surface area (Å²) >= 11 is 0. The van der Waals surface area contributed by atoms with E-state index in [1.807, 2.05) is 23.7 Å².